The minimum absolute atomic E-state index is 0.221. The first kappa shape index (κ1) is 26.4. The highest BCUT2D eigenvalue weighted by Crippen LogP contribution is 2.39. The SMILES string of the molecule is Cc1cnc(Nc2ccnn2C)cc1-c1cc2c(s1)CN([C@H](C)C(=O)NC(CO)c1ccc(F)c(F)c1)C2=O. The molecule has 0 saturated carbocycles. The zero-order chi connectivity index (χ0) is 27.8. The number of nitrogens with one attached hydrogen (secondary N) is 2. The number of anilines is 2. The van der Waals surface area contributed by atoms with Crippen LogP contribution in [0.1, 0.15) is 39.3 Å². The van der Waals surface area contributed by atoms with Gasteiger partial charge in [-0.25, -0.2) is 13.8 Å². The Morgan fingerprint density at radius 3 is 2.64 bits per heavy atom. The largest absolute Gasteiger partial charge is 0.394 e. The van der Waals surface area contributed by atoms with Gasteiger partial charge < -0.3 is 20.6 Å². The zero-order valence-electron chi connectivity index (χ0n) is 21.4. The van der Waals surface area contributed by atoms with E-state index < -0.39 is 36.2 Å². The number of rotatable bonds is 8. The van der Waals surface area contributed by atoms with Crippen LogP contribution in [0.4, 0.5) is 20.4 Å². The number of hydrogen-bond acceptors (Lipinski definition) is 7. The van der Waals surface area contributed by atoms with Crippen molar-refractivity contribution in [1.29, 1.82) is 0 Å². The summed E-state index contributed by atoms with van der Waals surface area (Å²) in [6.07, 6.45) is 3.45. The predicted octanol–water partition coefficient (Wildman–Crippen LogP) is 4.07. The second-order valence-electron chi connectivity index (χ2n) is 9.32. The molecule has 12 heteroatoms. The average Bonchev–Trinajstić information content (AvgIpc) is 3.60. The van der Waals surface area contributed by atoms with E-state index in [1.165, 1.54) is 22.3 Å². The van der Waals surface area contributed by atoms with Crippen molar-refractivity contribution < 1.29 is 23.5 Å². The van der Waals surface area contributed by atoms with Gasteiger partial charge in [-0.2, -0.15) is 5.10 Å². The van der Waals surface area contributed by atoms with Crippen molar-refractivity contribution in [2.75, 3.05) is 11.9 Å². The van der Waals surface area contributed by atoms with Gasteiger partial charge in [0.1, 0.15) is 17.7 Å². The quantitative estimate of drug-likeness (QED) is 0.304. The summed E-state index contributed by atoms with van der Waals surface area (Å²) in [7, 11) is 1.83. The molecule has 4 heterocycles. The number of carbonyl (C=O) groups is 2. The van der Waals surface area contributed by atoms with E-state index in [0.717, 1.165) is 38.8 Å². The topological polar surface area (TPSA) is 112 Å². The molecule has 1 unspecified atom stereocenters. The number of amides is 2. The Labute approximate surface area is 227 Å². The molecule has 0 spiro atoms. The van der Waals surface area contributed by atoms with E-state index in [1.54, 1.807) is 24.0 Å². The maximum absolute atomic E-state index is 13.7. The zero-order valence-corrected chi connectivity index (χ0v) is 22.2. The Hall–Kier alpha value is -4.16. The third kappa shape index (κ3) is 5.12. The Bertz CT molecular complexity index is 1570. The second kappa shape index (κ2) is 10.5. The van der Waals surface area contributed by atoms with Crippen LogP contribution in [0.25, 0.3) is 10.4 Å². The summed E-state index contributed by atoms with van der Waals surface area (Å²) in [6, 6.07) is 6.96. The minimum atomic E-state index is -1.08. The standard InChI is InChI=1S/C27H26F2N6O3S/c1-14-11-30-24(33-25-6-7-31-34(25)3)10-17(14)22-9-18-23(39-22)12-35(27(18)38)15(2)26(37)32-21(13-36)16-4-5-19(28)20(29)8-16/h4-11,15,21,36H,12-13H2,1-3H3,(H,30,33)(H,32,37)/t15-,21?/m1/s1. The van der Waals surface area contributed by atoms with E-state index in [0.29, 0.717) is 11.4 Å². The van der Waals surface area contributed by atoms with Crippen LogP contribution in [0.3, 0.4) is 0 Å². The molecule has 1 aliphatic heterocycles. The summed E-state index contributed by atoms with van der Waals surface area (Å²) in [5.41, 5.74) is 2.65. The molecule has 9 nitrogen and oxygen atoms in total. The highest BCUT2D eigenvalue weighted by molar-refractivity contribution is 7.16. The van der Waals surface area contributed by atoms with Gasteiger partial charge in [0.15, 0.2) is 11.6 Å². The summed E-state index contributed by atoms with van der Waals surface area (Å²) in [4.78, 5) is 33.9. The number of thiophene rings is 1. The van der Waals surface area contributed by atoms with E-state index in [4.69, 9.17) is 0 Å². The highest BCUT2D eigenvalue weighted by atomic mass is 32.1. The van der Waals surface area contributed by atoms with Gasteiger partial charge >= 0.3 is 0 Å². The monoisotopic (exact) mass is 552 g/mol. The summed E-state index contributed by atoms with van der Waals surface area (Å²) < 4.78 is 28.7. The molecule has 39 heavy (non-hydrogen) atoms. The molecule has 2 atom stereocenters. The molecule has 0 fully saturated rings. The number of aliphatic hydroxyl groups is 1. The number of aliphatic hydroxyl groups excluding tert-OH is 1. The van der Waals surface area contributed by atoms with Crippen molar-refractivity contribution in [2.45, 2.75) is 32.5 Å². The average molecular weight is 553 g/mol. The third-order valence-corrected chi connectivity index (χ3v) is 7.91. The van der Waals surface area contributed by atoms with Gasteiger partial charge in [0.2, 0.25) is 5.91 Å². The van der Waals surface area contributed by atoms with E-state index in [-0.39, 0.29) is 18.0 Å². The highest BCUT2D eigenvalue weighted by Gasteiger charge is 2.36. The molecular weight excluding hydrogens is 526 g/mol. The fourth-order valence-corrected chi connectivity index (χ4v) is 5.67. The molecule has 1 aliphatic rings. The number of halogens is 2. The van der Waals surface area contributed by atoms with Crippen LogP contribution in [0.2, 0.25) is 0 Å². The fraction of sp³-hybridized carbons (Fsp3) is 0.259. The third-order valence-electron chi connectivity index (χ3n) is 6.75. The van der Waals surface area contributed by atoms with Gasteiger partial charge in [-0.1, -0.05) is 6.07 Å². The maximum atomic E-state index is 13.7. The van der Waals surface area contributed by atoms with Crippen LogP contribution in [0.15, 0.2) is 48.8 Å². The number of pyridine rings is 1. The molecule has 3 N–H and O–H groups in total. The van der Waals surface area contributed by atoms with Crippen molar-refractivity contribution in [1.82, 2.24) is 25.0 Å². The number of benzene rings is 1. The van der Waals surface area contributed by atoms with Crippen LogP contribution in [-0.2, 0) is 18.4 Å². The normalized spacial score (nSPS) is 14.3. The Kier molecular flexibility index (Phi) is 7.15. The molecule has 2 amide bonds. The van der Waals surface area contributed by atoms with Crippen molar-refractivity contribution in [2.24, 2.45) is 7.05 Å². The van der Waals surface area contributed by atoms with Gasteiger partial charge in [-0.15, -0.1) is 11.3 Å². The molecule has 202 valence electrons. The van der Waals surface area contributed by atoms with Crippen LogP contribution in [0, 0.1) is 18.6 Å². The van der Waals surface area contributed by atoms with Crippen molar-refractivity contribution >= 4 is 34.8 Å². The van der Waals surface area contributed by atoms with Crippen LogP contribution < -0.4 is 10.6 Å². The van der Waals surface area contributed by atoms with Crippen molar-refractivity contribution in [3.63, 3.8) is 0 Å². The first-order valence-corrected chi connectivity index (χ1v) is 13.0. The van der Waals surface area contributed by atoms with E-state index in [2.05, 4.69) is 20.7 Å². The Balaban J connectivity index is 1.30. The van der Waals surface area contributed by atoms with Gasteiger partial charge in [0, 0.05) is 29.1 Å². The number of nitrogens with zero attached hydrogens (tertiary/aromatic N) is 4. The molecular formula is C27H26F2N6O3S. The van der Waals surface area contributed by atoms with Gasteiger partial charge in [0.25, 0.3) is 5.91 Å². The predicted molar refractivity (Wildman–Crippen MR) is 142 cm³/mol. The summed E-state index contributed by atoms with van der Waals surface area (Å²) >= 11 is 1.48. The summed E-state index contributed by atoms with van der Waals surface area (Å²) in [6.45, 7) is 3.28. The summed E-state index contributed by atoms with van der Waals surface area (Å²) in [5, 5.41) is 19.8. The first-order chi connectivity index (χ1) is 18.7. The fourth-order valence-electron chi connectivity index (χ4n) is 4.44. The van der Waals surface area contributed by atoms with Crippen LogP contribution in [-0.4, -0.2) is 49.2 Å². The van der Waals surface area contributed by atoms with Crippen LogP contribution in [0.5, 0.6) is 0 Å². The molecule has 0 radical (unpaired) electrons. The molecule has 3 aromatic heterocycles. The van der Waals surface area contributed by atoms with Crippen molar-refractivity contribution in [3.05, 3.63) is 82.0 Å². The number of hydrogen-bond donors (Lipinski definition) is 3. The Morgan fingerprint density at radius 2 is 1.97 bits per heavy atom. The number of fused-ring (bicyclic) bond motifs is 1. The van der Waals surface area contributed by atoms with Crippen molar-refractivity contribution in [3.8, 4) is 10.4 Å². The smallest absolute Gasteiger partial charge is 0.256 e. The van der Waals surface area contributed by atoms with Gasteiger partial charge in [-0.05, 0) is 54.8 Å². The molecule has 5 rings (SSSR count). The minimum Gasteiger partial charge on any atom is -0.394 e. The van der Waals surface area contributed by atoms with E-state index in [1.807, 2.05) is 32.2 Å². The number of carbonyl (C=O) groups excluding carboxylic acids is 2. The lowest BCUT2D eigenvalue weighted by molar-refractivity contribution is -0.126. The lowest BCUT2D eigenvalue weighted by atomic mass is 10.1. The van der Waals surface area contributed by atoms with E-state index in [9.17, 15) is 23.5 Å². The number of aryl methyl sites for hydroxylation is 2. The molecule has 4 aromatic rings. The van der Waals surface area contributed by atoms with E-state index >= 15 is 0 Å². The van der Waals surface area contributed by atoms with Crippen LogP contribution >= 0.6 is 11.3 Å². The maximum Gasteiger partial charge on any atom is 0.256 e. The Morgan fingerprint density at radius 1 is 1.18 bits per heavy atom. The number of aromatic nitrogens is 3. The first-order valence-electron chi connectivity index (χ1n) is 12.2. The molecule has 0 saturated heterocycles. The molecule has 0 aliphatic carbocycles. The molecule has 1 aromatic carbocycles. The summed E-state index contributed by atoms with van der Waals surface area (Å²) in [5.74, 6) is -1.46. The lowest BCUT2D eigenvalue weighted by Crippen LogP contribution is -2.46. The molecule has 0 bridgehead atoms. The van der Waals surface area contributed by atoms with Gasteiger partial charge in [0.05, 0.1) is 31.0 Å². The second-order valence-corrected chi connectivity index (χ2v) is 10.5. The lowest BCUT2D eigenvalue weighted by Gasteiger charge is -2.26. The van der Waals surface area contributed by atoms with Gasteiger partial charge in [-0.3, -0.25) is 14.3 Å².